The number of amides is 1. The first-order valence-electron chi connectivity index (χ1n) is 6.10. The second-order valence-electron chi connectivity index (χ2n) is 4.51. The van der Waals surface area contributed by atoms with Crippen LogP contribution in [0.25, 0.3) is 11.2 Å². The van der Waals surface area contributed by atoms with Crippen LogP contribution in [0, 0.1) is 0 Å². The summed E-state index contributed by atoms with van der Waals surface area (Å²) in [6.07, 6.45) is 0.814. The van der Waals surface area contributed by atoms with E-state index in [9.17, 15) is 9.90 Å². The zero-order chi connectivity index (χ0) is 14.3. The predicted molar refractivity (Wildman–Crippen MR) is 68.3 cm³/mol. The van der Waals surface area contributed by atoms with E-state index in [4.69, 9.17) is 10.5 Å². The number of hydrogen-bond donors (Lipinski definition) is 3. The molecule has 1 fully saturated rings. The van der Waals surface area contributed by atoms with E-state index < -0.39 is 18.4 Å². The Morgan fingerprint density at radius 3 is 3.10 bits per heavy atom. The largest absolute Gasteiger partial charge is 0.390 e. The molecule has 3 rings (SSSR count). The average Bonchev–Trinajstić information content (AvgIpc) is 3.02. The number of anilines is 1. The lowest BCUT2D eigenvalue weighted by atomic mass is 10.1. The van der Waals surface area contributed by atoms with Crippen LogP contribution in [0.3, 0.4) is 0 Å². The second kappa shape index (κ2) is 4.69. The number of aliphatic hydroxyl groups excluding tert-OH is 1. The van der Waals surface area contributed by atoms with Crippen LogP contribution < -0.4 is 11.1 Å². The van der Waals surface area contributed by atoms with E-state index in [1.165, 1.54) is 19.7 Å². The number of likely N-dealkylation sites (N-methyl/N-ethyl adjacent to an activating group) is 1. The van der Waals surface area contributed by atoms with Crippen molar-refractivity contribution in [2.45, 2.75) is 24.9 Å². The maximum absolute atomic E-state index is 11.6. The van der Waals surface area contributed by atoms with Gasteiger partial charge in [0, 0.05) is 13.5 Å². The number of fused-ring (bicyclic) bond motifs is 1. The van der Waals surface area contributed by atoms with Crippen molar-refractivity contribution in [1.82, 2.24) is 24.8 Å². The Bertz CT molecular complexity index is 657. The lowest BCUT2D eigenvalue weighted by Crippen LogP contribution is -2.38. The lowest BCUT2D eigenvalue weighted by Gasteiger charge is -2.14. The minimum absolute atomic E-state index is 0.271. The molecule has 0 saturated carbocycles. The number of ether oxygens (including phenoxy) is 1. The molecular formula is C11H14N6O3. The average molecular weight is 278 g/mol. The number of imidazole rings is 1. The molecule has 3 heterocycles. The summed E-state index contributed by atoms with van der Waals surface area (Å²) < 4.78 is 7.22. The summed E-state index contributed by atoms with van der Waals surface area (Å²) in [6, 6.07) is 0. The summed E-state index contributed by atoms with van der Waals surface area (Å²) in [5, 5.41) is 12.4. The van der Waals surface area contributed by atoms with Gasteiger partial charge >= 0.3 is 0 Å². The third-order valence-corrected chi connectivity index (χ3v) is 3.30. The number of carbonyl (C=O) groups is 1. The van der Waals surface area contributed by atoms with E-state index in [1.54, 1.807) is 4.57 Å². The van der Waals surface area contributed by atoms with Crippen molar-refractivity contribution in [1.29, 1.82) is 0 Å². The summed E-state index contributed by atoms with van der Waals surface area (Å²) in [5.74, 6) is -0.0892. The molecule has 106 valence electrons. The number of hydrogen-bond acceptors (Lipinski definition) is 7. The van der Waals surface area contributed by atoms with Crippen molar-refractivity contribution in [3.8, 4) is 0 Å². The van der Waals surface area contributed by atoms with E-state index in [-0.39, 0.29) is 18.1 Å². The number of aromatic nitrogens is 4. The number of nitrogens with one attached hydrogen (secondary N) is 1. The molecule has 0 radical (unpaired) electrons. The first kappa shape index (κ1) is 12.8. The molecule has 1 amide bonds. The molecule has 1 aliphatic rings. The Kier molecular flexibility index (Phi) is 2.99. The van der Waals surface area contributed by atoms with Crippen LogP contribution in [0.4, 0.5) is 5.82 Å². The van der Waals surface area contributed by atoms with Gasteiger partial charge in [0.1, 0.15) is 18.1 Å². The Morgan fingerprint density at radius 2 is 2.35 bits per heavy atom. The first-order valence-corrected chi connectivity index (χ1v) is 6.10. The fourth-order valence-corrected chi connectivity index (χ4v) is 2.28. The van der Waals surface area contributed by atoms with Gasteiger partial charge in [0.2, 0.25) is 0 Å². The molecule has 1 aliphatic heterocycles. The van der Waals surface area contributed by atoms with Gasteiger partial charge in [0.15, 0.2) is 17.6 Å². The topological polar surface area (TPSA) is 128 Å². The fourth-order valence-electron chi connectivity index (χ4n) is 2.28. The monoisotopic (exact) mass is 278 g/mol. The molecule has 0 aliphatic carbocycles. The Labute approximate surface area is 113 Å². The maximum Gasteiger partial charge on any atom is 0.251 e. The van der Waals surface area contributed by atoms with Crippen LogP contribution in [0.15, 0.2) is 12.7 Å². The molecule has 1 saturated heterocycles. The highest BCUT2D eigenvalue weighted by Crippen LogP contribution is 2.31. The smallest absolute Gasteiger partial charge is 0.251 e. The number of nitrogen functional groups attached to an aromatic ring is 1. The quantitative estimate of drug-likeness (QED) is 0.629. The highest BCUT2D eigenvalue weighted by molar-refractivity contribution is 5.82. The normalized spacial score (nSPS) is 26.0. The molecular weight excluding hydrogens is 264 g/mol. The molecule has 4 N–H and O–H groups in total. The fraction of sp³-hybridized carbons (Fsp3) is 0.455. The number of carbonyl (C=O) groups excluding carboxylic acids is 1. The van der Waals surface area contributed by atoms with Crippen LogP contribution in [0.5, 0.6) is 0 Å². The van der Waals surface area contributed by atoms with Crippen molar-refractivity contribution in [2.24, 2.45) is 0 Å². The zero-order valence-electron chi connectivity index (χ0n) is 10.7. The molecule has 0 spiro atoms. The van der Waals surface area contributed by atoms with Gasteiger partial charge in [0.05, 0.1) is 12.4 Å². The molecule has 2 aromatic rings. The van der Waals surface area contributed by atoms with Crippen LogP contribution in [0.2, 0.25) is 0 Å². The van der Waals surface area contributed by atoms with Crippen LogP contribution in [-0.2, 0) is 9.53 Å². The van der Waals surface area contributed by atoms with Crippen molar-refractivity contribution in [3.05, 3.63) is 12.7 Å². The van der Waals surface area contributed by atoms with Crippen molar-refractivity contribution >= 4 is 22.9 Å². The third kappa shape index (κ3) is 1.87. The molecule has 9 heteroatoms. The molecule has 2 aromatic heterocycles. The predicted octanol–water partition coefficient (Wildman–Crippen LogP) is -1.20. The van der Waals surface area contributed by atoms with Gasteiger partial charge in [-0.05, 0) is 0 Å². The summed E-state index contributed by atoms with van der Waals surface area (Å²) in [5.41, 5.74) is 6.68. The molecule has 9 nitrogen and oxygen atoms in total. The summed E-state index contributed by atoms with van der Waals surface area (Å²) in [7, 11) is 1.49. The standard InChI is InChI=1S/C11H14N6O3/c1-13-11(19)8-5(18)2-6(20-8)17-4-16-7-9(12)14-3-15-10(7)17/h3-6,8,18H,2H2,1H3,(H,13,19)(H2,12,14,15)/t5-,6+,8-/m0/s1. The summed E-state index contributed by atoms with van der Waals surface area (Å²) in [4.78, 5) is 23.7. The molecule has 20 heavy (non-hydrogen) atoms. The summed E-state index contributed by atoms with van der Waals surface area (Å²) in [6.45, 7) is 0. The van der Waals surface area contributed by atoms with E-state index in [1.807, 2.05) is 0 Å². The number of nitrogens with two attached hydrogens (primary N) is 1. The van der Waals surface area contributed by atoms with Gasteiger partial charge in [-0.25, -0.2) is 15.0 Å². The molecule has 3 atom stereocenters. The van der Waals surface area contributed by atoms with E-state index in [0.717, 1.165) is 0 Å². The Hall–Kier alpha value is -2.26. The second-order valence-corrected chi connectivity index (χ2v) is 4.51. The van der Waals surface area contributed by atoms with E-state index >= 15 is 0 Å². The van der Waals surface area contributed by atoms with Gasteiger partial charge in [0.25, 0.3) is 5.91 Å². The zero-order valence-corrected chi connectivity index (χ0v) is 10.7. The molecule has 0 bridgehead atoms. The minimum atomic E-state index is -0.901. The number of rotatable bonds is 2. The van der Waals surface area contributed by atoms with Gasteiger partial charge in [-0.1, -0.05) is 0 Å². The van der Waals surface area contributed by atoms with Gasteiger partial charge in [-0.2, -0.15) is 0 Å². The van der Waals surface area contributed by atoms with Gasteiger partial charge in [-0.15, -0.1) is 0 Å². The van der Waals surface area contributed by atoms with Gasteiger partial charge < -0.3 is 20.9 Å². The van der Waals surface area contributed by atoms with Crippen LogP contribution in [-0.4, -0.2) is 49.8 Å². The third-order valence-electron chi connectivity index (χ3n) is 3.30. The van der Waals surface area contributed by atoms with Crippen molar-refractivity contribution in [2.75, 3.05) is 12.8 Å². The summed E-state index contributed by atoms with van der Waals surface area (Å²) >= 11 is 0. The van der Waals surface area contributed by atoms with Crippen molar-refractivity contribution < 1.29 is 14.6 Å². The van der Waals surface area contributed by atoms with Gasteiger partial charge in [-0.3, -0.25) is 9.36 Å². The van der Waals surface area contributed by atoms with E-state index in [0.29, 0.717) is 11.2 Å². The van der Waals surface area contributed by atoms with Crippen LogP contribution >= 0.6 is 0 Å². The minimum Gasteiger partial charge on any atom is -0.390 e. The van der Waals surface area contributed by atoms with E-state index in [2.05, 4.69) is 20.3 Å². The molecule has 0 aromatic carbocycles. The molecule has 0 unspecified atom stereocenters. The Morgan fingerprint density at radius 1 is 1.55 bits per heavy atom. The first-order chi connectivity index (χ1) is 9.61. The number of nitrogens with zero attached hydrogens (tertiary/aromatic N) is 4. The highest BCUT2D eigenvalue weighted by atomic mass is 16.5. The van der Waals surface area contributed by atoms with Crippen LogP contribution in [0.1, 0.15) is 12.6 Å². The van der Waals surface area contributed by atoms with Crippen molar-refractivity contribution in [3.63, 3.8) is 0 Å². The highest BCUT2D eigenvalue weighted by Gasteiger charge is 2.39. The Balaban J connectivity index is 1.93. The lowest BCUT2D eigenvalue weighted by molar-refractivity contribution is -0.137. The maximum atomic E-state index is 11.6. The number of aliphatic hydroxyl groups is 1. The SMILES string of the molecule is CNC(=O)[C@H]1O[C@@H](n2cnc3c(N)ncnc32)C[C@@H]1O.